The molecule has 1 heterocycles. The van der Waals surface area contributed by atoms with Gasteiger partial charge in [0.05, 0.1) is 0 Å². The van der Waals surface area contributed by atoms with Crippen molar-refractivity contribution in [2.75, 3.05) is 31.1 Å². The van der Waals surface area contributed by atoms with Crippen LogP contribution in [0.4, 0.5) is 10.1 Å². The van der Waals surface area contributed by atoms with Crippen molar-refractivity contribution in [2.45, 2.75) is 0 Å². The summed E-state index contributed by atoms with van der Waals surface area (Å²) in [5.74, 6) is -0.559. The number of hydrogen-bond acceptors (Lipinski definition) is 3. The number of carbonyl (C=O) groups excluding carboxylic acids is 2. The van der Waals surface area contributed by atoms with Gasteiger partial charge in [0, 0.05) is 24.8 Å². The van der Waals surface area contributed by atoms with Gasteiger partial charge in [0.2, 0.25) is 5.91 Å². The Bertz CT molecular complexity index is 736. The first-order chi connectivity index (χ1) is 11.6. The predicted octanol–water partition coefficient (Wildman–Crippen LogP) is 2.08. The van der Waals surface area contributed by atoms with Gasteiger partial charge >= 0.3 is 0 Å². The van der Waals surface area contributed by atoms with Gasteiger partial charge in [0.1, 0.15) is 18.1 Å². The van der Waals surface area contributed by atoms with Gasteiger partial charge in [-0.05, 0) is 24.3 Å². The van der Waals surface area contributed by atoms with Crippen molar-refractivity contribution in [3.05, 3.63) is 60.4 Å². The van der Waals surface area contributed by atoms with Crippen molar-refractivity contribution in [3.8, 4) is 5.75 Å². The number of hydrogen-bond donors (Lipinski definition) is 0. The summed E-state index contributed by atoms with van der Waals surface area (Å²) in [7, 11) is 0. The fourth-order valence-corrected chi connectivity index (χ4v) is 2.56. The maximum Gasteiger partial charge on any atom is 0.261 e. The van der Waals surface area contributed by atoms with Crippen LogP contribution in [-0.2, 0) is 9.59 Å². The van der Waals surface area contributed by atoms with Gasteiger partial charge in [-0.25, -0.2) is 4.39 Å². The van der Waals surface area contributed by atoms with Crippen LogP contribution in [0.3, 0.4) is 0 Å². The lowest BCUT2D eigenvalue weighted by atomic mass is 10.2. The summed E-state index contributed by atoms with van der Waals surface area (Å²) in [4.78, 5) is 27.6. The molecule has 0 N–H and O–H groups in total. The summed E-state index contributed by atoms with van der Waals surface area (Å²) in [6, 6.07) is 15.0. The van der Waals surface area contributed by atoms with Crippen molar-refractivity contribution in [1.29, 1.82) is 0 Å². The van der Waals surface area contributed by atoms with Gasteiger partial charge in [-0.2, -0.15) is 0 Å². The first-order valence-corrected chi connectivity index (χ1v) is 7.65. The van der Waals surface area contributed by atoms with E-state index in [4.69, 9.17) is 4.74 Å². The zero-order chi connectivity index (χ0) is 16.9. The quantitative estimate of drug-likeness (QED) is 0.863. The van der Waals surface area contributed by atoms with Crippen LogP contribution >= 0.6 is 0 Å². The molecule has 2 aromatic rings. The van der Waals surface area contributed by atoms with Crippen LogP contribution in [0.2, 0.25) is 0 Å². The van der Waals surface area contributed by atoms with Crippen molar-refractivity contribution in [3.63, 3.8) is 0 Å². The van der Waals surface area contributed by atoms with Crippen LogP contribution in [0.25, 0.3) is 0 Å². The average molecular weight is 328 g/mol. The zero-order valence-corrected chi connectivity index (χ0v) is 13.0. The maximum absolute atomic E-state index is 13.1. The molecule has 0 spiro atoms. The Labute approximate surface area is 139 Å². The summed E-state index contributed by atoms with van der Waals surface area (Å²) < 4.78 is 18.4. The summed E-state index contributed by atoms with van der Waals surface area (Å²) in [6.07, 6.45) is 0. The molecule has 3 rings (SSSR count). The highest BCUT2D eigenvalue weighted by molar-refractivity contribution is 5.98. The molecule has 5 nitrogen and oxygen atoms in total. The smallest absolute Gasteiger partial charge is 0.261 e. The molecule has 2 amide bonds. The van der Waals surface area contributed by atoms with Gasteiger partial charge in [-0.1, -0.05) is 24.3 Å². The molecule has 0 unspecified atom stereocenters. The summed E-state index contributed by atoms with van der Waals surface area (Å²) >= 11 is 0. The third-order valence-corrected chi connectivity index (χ3v) is 3.80. The summed E-state index contributed by atoms with van der Waals surface area (Å²) in [5.41, 5.74) is 0.825. The van der Waals surface area contributed by atoms with Crippen molar-refractivity contribution in [2.24, 2.45) is 0 Å². The Kier molecular flexibility index (Phi) is 4.74. The van der Waals surface area contributed by atoms with E-state index in [0.29, 0.717) is 13.1 Å². The molecule has 0 radical (unpaired) electrons. The average Bonchev–Trinajstić information content (AvgIpc) is 2.60. The van der Waals surface area contributed by atoms with Crippen molar-refractivity contribution in [1.82, 2.24) is 4.90 Å². The molecule has 24 heavy (non-hydrogen) atoms. The van der Waals surface area contributed by atoms with E-state index < -0.39 is 5.82 Å². The fraction of sp³-hybridized carbons (Fsp3) is 0.222. The van der Waals surface area contributed by atoms with E-state index in [1.807, 2.05) is 30.3 Å². The SMILES string of the molecule is O=C(COc1cccc(F)c1)N1CCN(c2ccccc2)C(=O)C1. The van der Waals surface area contributed by atoms with Crippen molar-refractivity contribution >= 4 is 17.5 Å². The lowest BCUT2D eigenvalue weighted by Crippen LogP contribution is -2.53. The Morgan fingerprint density at radius 3 is 2.58 bits per heavy atom. The molecule has 0 atom stereocenters. The molecule has 1 fully saturated rings. The van der Waals surface area contributed by atoms with Gasteiger partial charge in [0.25, 0.3) is 5.91 Å². The van der Waals surface area contributed by atoms with E-state index in [9.17, 15) is 14.0 Å². The Hall–Kier alpha value is -2.89. The van der Waals surface area contributed by atoms with E-state index in [1.165, 1.54) is 23.1 Å². The molecule has 1 aliphatic heterocycles. The van der Waals surface area contributed by atoms with E-state index in [0.717, 1.165) is 5.69 Å². The number of piperazine rings is 1. The minimum absolute atomic E-state index is 0.0141. The third-order valence-electron chi connectivity index (χ3n) is 3.80. The van der Waals surface area contributed by atoms with Gasteiger partial charge in [0.15, 0.2) is 6.61 Å². The monoisotopic (exact) mass is 328 g/mol. The van der Waals surface area contributed by atoms with E-state index in [1.54, 1.807) is 11.0 Å². The second-order valence-electron chi connectivity index (χ2n) is 5.44. The highest BCUT2D eigenvalue weighted by atomic mass is 19.1. The van der Waals surface area contributed by atoms with E-state index in [-0.39, 0.29) is 30.7 Å². The van der Waals surface area contributed by atoms with Crippen LogP contribution in [0.1, 0.15) is 0 Å². The molecule has 1 aliphatic rings. The molecule has 0 aliphatic carbocycles. The largest absolute Gasteiger partial charge is 0.484 e. The lowest BCUT2D eigenvalue weighted by Gasteiger charge is -2.34. The molecule has 0 bridgehead atoms. The minimum Gasteiger partial charge on any atom is -0.484 e. The predicted molar refractivity (Wildman–Crippen MR) is 87.3 cm³/mol. The number of para-hydroxylation sites is 1. The van der Waals surface area contributed by atoms with Gasteiger partial charge < -0.3 is 14.5 Å². The normalized spacial score (nSPS) is 14.6. The molecular formula is C18H17FN2O3. The molecule has 0 aromatic heterocycles. The van der Waals surface area contributed by atoms with Crippen LogP contribution in [0.15, 0.2) is 54.6 Å². The summed E-state index contributed by atoms with van der Waals surface area (Å²) in [6.45, 7) is 0.669. The first kappa shape index (κ1) is 16.0. The van der Waals surface area contributed by atoms with Crippen molar-refractivity contribution < 1.29 is 18.7 Å². The topological polar surface area (TPSA) is 49.9 Å². The van der Waals surface area contributed by atoms with E-state index in [2.05, 4.69) is 0 Å². The number of nitrogens with zero attached hydrogens (tertiary/aromatic N) is 2. The molecule has 2 aromatic carbocycles. The highest BCUT2D eigenvalue weighted by Crippen LogP contribution is 2.17. The van der Waals surface area contributed by atoms with Crippen LogP contribution in [-0.4, -0.2) is 43.0 Å². The van der Waals surface area contributed by atoms with E-state index >= 15 is 0 Å². The fourth-order valence-electron chi connectivity index (χ4n) is 2.56. The Morgan fingerprint density at radius 1 is 1.08 bits per heavy atom. The first-order valence-electron chi connectivity index (χ1n) is 7.65. The lowest BCUT2D eigenvalue weighted by molar-refractivity contribution is -0.138. The zero-order valence-electron chi connectivity index (χ0n) is 13.0. The molecule has 1 saturated heterocycles. The molecule has 124 valence electrons. The third kappa shape index (κ3) is 3.71. The second-order valence-corrected chi connectivity index (χ2v) is 5.44. The number of benzene rings is 2. The Balaban J connectivity index is 1.55. The number of ether oxygens (including phenoxy) is 1. The van der Waals surface area contributed by atoms with Gasteiger partial charge in [-0.15, -0.1) is 0 Å². The molecule has 0 saturated carbocycles. The van der Waals surface area contributed by atoms with Crippen LogP contribution in [0, 0.1) is 5.82 Å². The number of rotatable bonds is 4. The standard InChI is InChI=1S/C18H17FN2O3/c19-14-5-4-8-16(11-14)24-13-18(23)20-9-10-21(17(22)12-20)15-6-2-1-3-7-15/h1-8,11H,9-10,12-13H2. The number of carbonyl (C=O) groups is 2. The number of amides is 2. The molecular weight excluding hydrogens is 311 g/mol. The Morgan fingerprint density at radius 2 is 1.88 bits per heavy atom. The van der Waals surface area contributed by atoms with Crippen LogP contribution in [0.5, 0.6) is 5.75 Å². The highest BCUT2D eigenvalue weighted by Gasteiger charge is 2.28. The second kappa shape index (κ2) is 7.12. The van der Waals surface area contributed by atoms with Crippen LogP contribution < -0.4 is 9.64 Å². The number of anilines is 1. The van der Waals surface area contributed by atoms with Gasteiger partial charge in [-0.3, -0.25) is 9.59 Å². The number of halogens is 1. The summed E-state index contributed by atoms with van der Waals surface area (Å²) in [5, 5.41) is 0. The molecule has 6 heteroatoms. The maximum atomic E-state index is 13.1. The minimum atomic E-state index is -0.424.